The van der Waals surface area contributed by atoms with E-state index in [4.69, 9.17) is 11.6 Å². The Hall–Kier alpha value is -4.25. The molecule has 12 heteroatoms. The zero-order valence-electron chi connectivity index (χ0n) is 17.5. The van der Waals surface area contributed by atoms with Gasteiger partial charge in [0.25, 0.3) is 5.56 Å². The van der Waals surface area contributed by atoms with Crippen molar-refractivity contribution in [3.63, 3.8) is 0 Å². The molecule has 0 spiro atoms. The number of fused-ring (bicyclic) bond motifs is 2. The average Bonchev–Trinajstić information content (AvgIpc) is 2.81. The first-order chi connectivity index (χ1) is 16.7. The number of pyridine rings is 3. The molecule has 0 unspecified atom stereocenters. The maximum absolute atomic E-state index is 14.5. The minimum Gasteiger partial charge on any atom is -0.353 e. The Bertz CT molecular complexity index is 1700. The topological polar surface area (TPSA) is 116 Å². The molecule has 35 heavy (non-hydrogen) atoms. The van der Waals surface area contributed by atoms with E-state index in [1.165, 1.54) is 42.7 Å². The van der Waals surface area contributed by atoms with Gasteiger partial charge < -0.3 is 15.3 Å². The maximum atomic E-state index is 14.5. The van der Waals surface area contributed by atoms with Crippen LogP contribution < -0.4 is 16.6 Å². The molecule has 5 aromatic rings. The Morgan fingerprint density at radius 3 is 2.60 bits per heavy atom. The average molecular weight is 499 g/mol. The Labute approximate surface area is 198 Å². The molecule has 3 N–H and O–H groups in total. The highest BCUT2D eigenvalue weighted by Gasteiger charge is 2.43. The molecule has 0 saturated heterocycles. The third-order valence-corrected chi connectivity index (χ3v) is 5.61. The highest BCUT2D eigenvalue weighted by molar-refractivity contribution is 6.35. The van der Waals surface area contributed by atoms with E-state index in [0.717, 1.165) is 0 Å². The third kappa shape index (κ3) is 4.21. The van der Waals surface area contributed by atoms with Crippen molar-refractivity contribution in [2.45, 2.75) is 12.2 Å². The van der Waals surface area contributed by atoms with E-state index in [2.05, 4.69) is 30.2 Å². The van der Waals surface area contributed by atoms with Crippen LogP contribution in [0.1, 0.15) is 11.6 Å². The van der Waals surface area contributed by atoms with Crippen molar-refractivity contribution in [2.75, 3.05) is 5.32 Å². The summed E-state index contributed by atoms with van der Waals surface area (Å²) in [6, 6.07) is 9.43. The molecule has 0 bridgehead atoms. The second-order valence-electron chi connectivity index (χ2n) is 7.56. The van der Waals surface area contributed by atoms with E-state index in [0.29, 0.717) is 5.39 Å². The Balaban J connectivity index is 1.79. The van der Waals surface area contributed by atoms with Gasteiger partial charge in [-0.1, -0.05) is 23.7 Å². The van der Waals surface area contributed by atoms with Gasteiger partial charge in [-0.2, -0.15) is 18.2 Å². The number of hydrogen-bond donors (Lipinski definition) is 3. The molecule has 4 heterocycles. The second kappa shape index (κ2) is 8.51. The summed E-state index contributed by atoms with van der Waals surface area (Å²) in [4.78, 5) is 41.6. The van der Waals surface area contributed by atoms with Crippen LogP contribution in [0.15, 0.2) is 70.5 Å². The van der Waals surface area contributed by atoms with Crippen LogP contribution >= 0.6 is 11.6 Å². The Kier molecular flexibility index (Phi) is 5.48. The van der Waals surface area contributed by atoms with Gasteiger partial charge in [0.2, 0.25) is 0 Å². The molecule has 0 radical (unpaired) electrons. The summed E-state index contributed by atoms with van der Waals surface area (Å²) in [5.41, 5.74) is -1.65. The minimum absolute atomic E-state index is 0.0391. The number of aromatic nitrogens is 5. The van der Waals surface area contributed by atoms with Crippen molar-refractivity contribution in [1.82, 2.24) is 24.9 Å². The number of halogens is 4. The predicted octanol–water partition coefficient (Wildman–Crippen LogP) is 4.59. The first-order valence-corrected chi connectivity index (χ1v) is 10.6. The van der Waals surface area contributed by atoms with Gasteiger partial charge in [-0.05, 0) is 36.4 Å². The van der Waals surface area contributed by atoms with Crippen LogP contribution in [0, 0.1) is 0 Å². The van der Waals surface area contributed by atoms with Gasteiger partial charge in [0, 0.05) is 23.3 Å². The summed E-state index contributed by atoms with van der Waals surface area (Å²) < 4.78 is 43.6. The van der Waals surface area contributed by atoms with Gasteiger partial charge in [-0.3, -0.25) is 9.78 Å². The minimum atomic E-state index is -4.88. The summed E-state index contributed by atoms with van der Waals surface area (Å²) in [6.45, 7) is 0. The zero-order chi connectivity index (χ0) is 24.7. The number of anilines is 1. The maximum Gasteiger partial charge on any atom is 0.412 e. The number of rotatable bonds is 4. The lowest BCUT2D eigenvalue weighted by atomic mass is 9.97. The molecule has 1 aromatic carbocycles. The third-order valence-electron chi connectivity index (χ3n) is 5.31. The number of aromatic amines is 2. The smallest absolute Gasteiger partial charge is 0.353 e. The van der Waals surface area contributed by atoms with Crippen LogP contribution in [0.5, 0.6) is 0 Å². The van der Waals surface area contributed by atoms with Crippen molar-refractivity contribution in [2.24, 2.45) is 0 Å². The van der Waals surface area contributed by atoms with Gasteiger partial charge in [0.15, 0.2) is 11.9 Å². The van der Waals surface area contributed by atoms with Crippen LogP contribution in [0.3, 0.4) is 0 Å². The lowest BCUT2D eigenvalue weighted by Gasteiger charge is -2.25. The Morgan fingerprint density at radius 2 is 1.83 bits per heavy atom. The van der Waals surface area contributed by atoms with E-state index >= 15 is 0 Å². The first kappa shape index (κ1) is 22.5. The van der Waals surface area contributed by atoms with Crippen molar-refractivity contribution < 1.29 is 13.2 Å². The molecule has 0 saturated carbocycles. The van der Waals surface area contributed by atoms with Gasteiger partial charge >= 0.3 is 11.9 Å². The van der Waals surface area contributed by atoms with E-state index in [1.54, 1.807) is 18.2 Å². The van der Waals surface area contributed by atoms with Crippen LogP contribution in [0.2, 0.25) is 5.02 Å². The number of nitrogens with one attached hydrogen (secondary N) is 3. The van der Waals surface area contributed by atoms with E-state index in [1.807, 2.05) is 0 Å². The number of benzene rings is 1. The first-order valence-electron chi connectivity index (χ1n) is 10.2. The predicted molar refractivity (Wildman–Crippen MR) is 125 cm³/mol. The number of H-pyrrole nitrogens is 2. The zero-order valence-corrected chi connectivity index (χ0v) is 18.3. The second-order valence-corrected chi connectivity index (χ2v) is 7.97. The fourth-order valence-electron chi connectivity index (χ4n) is 3.79. The molecule has 5 rings (SSSR count). The lowest BCUT2D eigenvalue weighted by molar-refractivity contribution is -0.143. The van der Waals surface area contributed by atoms with Gasteiger partial charge in [-0.15, -0.1) is 0 Å². The quantitative estimate of drug-likeness (QED) is 0.334. The molecule has 0 aliphatic heterocycles. The van der Waals surface area contributed by atoms with Crippen molar-refractivity contribution >= 4 is 39.4 Å². The number of nitrogens with zero attached hydrogens (tertiary/aromatic N) is 3. The summed E-state index contributed by atoms with van der Waals surface area (Å²) in [6.07, 6.45) is -2.16. The number of para-hydroxylation sites is 1. The van der Waals surface area contributed by atoms with Gasteiger partial charge in [-0.25, -0.2) is 9.78 Å². The monoisotopic (exact) mass is 498 g/mol. The summed E-state index contributed by atoms with van der Waals surface area (Å²) >= 11 is 6.25. The highest BCUT2D eigenvalue weighted by atomic mass is 35.5. The lowest BCUT2D eigenvalue weighted by Crippen LogP contribution is -2.30. The molecule has 176 valence electrons. The van der Waals surface area contributed by atoms with Gasteiger partial charge in [0.05, 0.1) is 27.3 Å². The molecule has 0 fully saturated rings. The van der Waals surface area contributed by atoms with Crippen LogP contribution in [0.25, 0.3) is 33.2 Å². The summed E-state index contributed by atoms with van der Waals surface area (Å²) in [5.74, 6) is -0.370. The molecule has 0 amide bonds. The van der Waals surface area contributed by atoms with Crippen LogP contribution in [-0.4, -0.2) is 31.1 Å². The van der Waals surface area contributed by atoms with Crippen molar-refractivity contribution in [1.29, 1.82) is 0 Å². The molecule has 8 nitrogen and oxygen atoms in total. The van der Waals surface area contributed by atoms with Crippen molar-refractivity contribution in [3.8, 4) is 11.3 Å². The fraction of sp³-hybridized carbons (Fsp3) is 0.0870. The molecular formula is C23H14ClF3N6O2. The summed E-state index contributed by atoms with van der Waals surface area (Å²) in [5, 5.41) is 2.87. The van der Waals surface area contributed by atoms with E-state index in [9.17, 15) is 22.8 Å². The molecule has 0 aliphatic rings. The molecule has 0 aliphatic carbocycles. The van der Waals surface area contributed by atoms with Crippen LogP contribution in [-0.2, 0) is 0 Å². The SMILES string of the molecule is O=c1nc(N[C@H](c2cc3cccc(Cl)c3nc2-c2ccc[nH]c2=O)C(F)(F)F)c2ncccc2[nH]1. The van der Waals surface area contributed by atoms with E-state index in [-0.39, 0.29) is 44.2 Å². The van der Waals surface area contributed by atoms with Crippen LogP contribution in [0.4, 0.5) is 19.0 Å². The molecule has 1 atom stereocenters. The van der Waals surface area contributed by atoms with E-state index < -0.39 is 23.5 Å². The number of alkyl halides is 3. The molecule has 4 aromatic heterocycles. The Morgan fingerprint density at radius 1 is 1.00 bits per heavy atom. The van der Waals surface area contributed by atoms with Gasteiger partial charge in [0.1, 0.15) is 5.52 Å². The standard InChI is InChI=1S/C23H14ClF3N6O2/c24-14-6-1-4-11-10-13(17(31-16(11)14)12-5-2-9-29-21(12)34)19(23(25,26)27)32-20-18-15(7-3-8-28-18)30-22(35)33-20/h1-10,19H,(H,29,34)(H2,30,32,33,35)/t19-/m1/s1. The molecular weight excluding hydrogens is 485 g/mol. The fourth-order valence-corrected chi connectivity index (χ4v) is 4.01. The number of hydrogen-bond acceptors (Lipinski definition) is 6. The summed E-state index contributed by atoms with van der Waals surface area (Å²) in [7, 11) is 0. The largest absolute Gasteiger partial charge is 0.412 e. The van der Waals surface area contributed by atoms with Crippen molar-refractivity contribution in [3.05, 3.63) is 92.3 Å². The highest BCUT2D eigenvalue weighted by Crippen LogP contribution is 2.41. The normalized spacial score (nSPS) is 12.7.